The molecule has 1 aliphatic heterocycles. The number of sulfonamides is 1. The Kier molecular flexibility index (Phi) is 6.58. The average molecular weight is 465 g/mol. The molecule has 0 radical (unpaired) electrons. The standard InChI is InChI=1S/C21H25BrN2O3S/c1-15-11-16(2)13-20(12-15)28(26,27)24-9-7-18(8-10-24)21(25)23-14-17-3-5-19(22)6-4-17/h3-6,11-13,18H,7-10,14H2,1-2H3,(H,23,25). The summed E-state index contributed by atoms with van der Waals surface area (Å²) in [5.41, 5.74) is 2.90. The second-order valence-corrected chi connectivity index (χ2v) is 10.2. The zero-order valence-corrected chi connectivity index (χ0v) is 18.5. The van der Waals surface area contributed by atoms with Gasteiger partial charge in [-0.2, -0.15) is 4.31 Å². The highest BCUT2D eigenvalue weighted by Crippen LogP contribution is 2.25. The minimum Gasteiger partial charge on any atom is -0.352 e. The van der Waals surface area contributed by atoms with E-state index in [0.29, 0.717) is 37.4 Å². The van der Waals surface area contributed by atoms with Crippen molar-refractivity contribution in [3.63, 3.8) is 0 Å². The van der Waals surface area contributed by atoms with Gasteiger partial charge in [0.25, 0.3) is 0 Å². The number of amides is 1. The molecule has 0 saturated carbocycles. The number of benzene rings is 2. The van der Waals surface area contributed by atoms with Gasteiger partial charge in [-0.05, 0) is 67.6 Å². The van der Waals surface area contributed by atoms with Gasteiger partial charge in [-0.3, -0.25) is 4.79 Å². The highest BCUT2D eigenvalue weighted by atomic mass is 79.9. The molecule has 0 spiro atoms. The van der Waals surface area contributed by atoms with E-state index in [1.807, 2.05) is 44.2 Å². The maximum Gasteiger partial charge on any atom is 0.243 e. The fourth-order valence-corrected chi connectivity index (χ4v) is 5.45. The molecule has 1 N–H and O–H groups in total. The van der Waals surface area contributed by atoms with Crippen molar-refractivity contribution in [3.8, 4) is 0 Å². The zero-order chi connectivity index (χ0) is 20.3. The van der Waals surface area contributed by atoms with Gasteiger partial charge in [0, 0.05) is 30.0 Å². The van der Waals surface area contributed by atoms with E-state index in [9.17, 15) is 13.2 Å². The lowest BCUT2D eigenvalue weighted by Crippen LogP contribution is -2.42. The third-order valence-corrected chi connectivity index (χ3v) is 7.44. The van der Waals surface area contributed by atoms with Crippen molar-refractivity contribution in [2.24, 2.45) is 5.92 Å². The molecule has 1 saturated heterocycles. The van der Waals surface area contributed by atoms with Crippen LogP contribution in [0.25, 0.3) is 0 Å². The number of piperidine rings is 1. The number of hydrogen-bond donors (Lipinski definition) is 1. The molecule has 3 rings (SSSR count). The molecule has 28 heavy (non-hydrogen) atoms. The Morgan fingerprint density at radius 3 is 2.21 bits per heavy atom. The SMILES string of the molecule is Cc1cc(C)cc(S(=O)(=O)N2CCC(C(=O)NCc3ccc(Br)cc3)CC2)c1. The number of hydrogen-bond acceptors (Lipinski definition) is 3. The van der Waals surface area contributed by atoms with Crippen molar-refractivity contribution < 1.29 is 13.2 Å². The summed E-state index contributed by atoms with van der Waals surface area (Å²) in [6, 6.07) is 13.2. The lowest BCUT2D eigenvalue weighted by molar-refractivity contribution is -0.126. The molecule has 2 aromatic rings. The summed E-state index contributed by atoms with van der Waals surface area (Å²) in [6.07, 6.45) is 1.08. The normalized spacial score (nSPS) is 16.1. The fraction of sp³-hybridized carbons (Fsp3) is 0.381. The van der Waals surface area contributed by atoms with Crippen LogP contribution in [0.5, 0.6) is 0 Å². The molecule has 0 aromatic heterocycles. The summed E-state index contributed by atoms with van der Waals surface area (Å²) in [4.78, 5) is 12.8. The van der Waals surface area contributed by atoms with E-state index in [0.717, 1.165) is 21.2 Å². The molecule has 0 unspecified atom stereocenters. The van der Waals surface area contributed by atoms with Crippen LogP contribution < -0.4 is 5.32 Å². The quantitative estimate of drug-likeness (QED) is 0.731. The third kappa shape index (κ3) is 5.01. The van der Waals surface area contributed by atoms with Gasteiger partial charge in [0.2, 0.25) is 15.9 Å². The van der Waals surface area contributed by atoms with E-state index in [1.54, 1.807) is 12.1 Å². The van der Waals surface area contributed by atoms with Crippen LogP contribution in [0.15, 0.2) is 51.8 Å². The lowest BCUT2D eigenvalue weighted by Gasteiger charge is -2.30. The third-order valence-electron chi connectivity index (χ3n) is 5.04. The van der Waals surface area contributed by atoms with Crippen LogP contribution >= 0.6 is 15.9 Å². The van der Waals surface area contributed by atoms with Crippen molar-refractivity contribution in [2.45, 2.75) is 38.1 Å². The highest BCUT2D eigenvalue weighted by molar-refractivity contribution is 9.10. The molecule has 5 nitrogen and oxygen atoms in total. The Labute approximate surface area is 175 Å². The minimum absolute atomic E-state index is 0.00799. The van der Waals surface area contributed by atoms with Crippen LogP contribution in [0.2, 0.25) is 0 Å². The number of nitrogens with one attached hydrogen (secondary N) is 1. The molecule has 1 amide bonds. The van der Waals surface area contributed by atoms with Gasteiger partial charge >= 0.3 is 0 Å². The number of halogens is 1. The Morgan fingerprint density at radius 1 is 1.07 bits per heavy atom. The molecule has 7 heteroatoms. The van der Waals surface area contributed by atoms with Gasteiger partial charge in [0.05, 0.1) is 4.90 Å². The van der Waals surface area contributed by atoms with E-state index in [2.05, 4.69) is 21.2 Å². The van der Waals surface area contributed by atoms with E-state index in [1.165, 1.54) is 4.31 Å². The van der Waals surface area contributed by atoms with Crippen LogP contribution in [0, 0.1) is 19.8 Å². The molecule has 0 atom stereocenters. The van der Waals surface area contributed by atoms with Crippen LogP contribution in [0.3, 0.4) is 0 Å². The Hall–Kier alpha value is -1.70. The molecule has 2 aromatic carbocycles. The second-order valence-electron chi connectivity index (χ2n) is 7.35. The van der Waals surface area contributed by atoms with Crippen LogP contribution in [0.1, 0.15) is 29.5 Å². The van der Waals surface area contributed by atoms with Crippen molar-refractivity contribution >= 4 is 31.9 Å². The van der Waals surface area contributed by atoms with Gasteiger partial charge < -0.3 is 5.32 Å². The number of nitrogens with zero attached hydrogens (tertiary/aromatic N) is 1. The first-order valence-corrected chi connectivity index (χ1v) is 11.6. The van der Waals surface area contributed by atoms with Gasteiger partial charge in [0.15, 0.2) is 0 Å². The number of aryl methyl sites for hydroxylation is 2. The summed E-state index contributed by atoms with van der Waals surface area (Å²) >= 11 is 3.39. The predicted molar refractivity (Wildman–Crippen MR) is 113 cm³/mol. The monoisotopic (exact) mass is 464 g/mol. The number of carbonyl (C=O) groups excluding carboxylic acids is 1. The van der Waals surface area contributed by atoms with Gasteiger partial charge in [-0.1, -0.05) is 34.1 Å². The lowest BCUT2D eigenvalue weighted by atomic mass is 9.97. The van der Waals surface area contributed by atoms with Crippen LogP contribution in [0.4, 0.5) is 0 Å². The minimum atomic E-state index is -3.52. The molecule has 150 valence electrons. The highest BCUT2D eigenvalue weighted by Gasteiger charge is 2.32. The van der Waals surface area contributed by atoms with E-state index >= 15 is 0 Å². The van der Waals surface area contributed by atoms with Gasteiger partial charge in [-0.15, -0.1) is 0 Å². The number of rotatable bonds is 5. The molecule has 0 aliphatic carbocycles. The first-order valence-electron chi connectivity index (χ1n) is 9.36. The second kappa shape index (κ2) is 8.76. The Bertz CT molecular complexity index is 930. The summed E-state index contributed by atoms with van der Waals surface area (Å²) in [6.45, 7) is 5.01. The molecular weight excluding hydrogens is 440 g/mol. The summed E-state index contributed by atoms with van der Waals surface area (Å²) in [7, 11) is -3.52. The summed E-state index contributed by atoms with van der Waals surface area (Å²) in [5.74, 6) is -0.160. The fourth-order valence-electron chi connectivity index (χ4n) is 3.53. The zero-order valence-electron chi connectivity index (χ0n) is 16.1. The van der Waals surface area contributed by atoms with E-state index in [-0.39, 0.29) is 11.8 Å². The topological polar surface area (TPSA) is 66.5 Å². The Morgan fingerprint density at radius 2 is 1.64 bits per heavy atom. The van der Waals surface area contributed by atoms with Gasteiger partial charge in [-0.25, -0.2) is 8.42 Å². The molecule has 0 bridgehead atoms. The number of carbonyl (C=O) groups is 1. The van der Waals surface area contributed by atoms with Crippen LogP contribution in [-0.4, -0.2) is 31.7 Å². The largest absolute Gasteiger partial charge is 0.352 e. The van der Waals surface area contributed by atoms with E-state index < -0.39 is 10.0 Å². The molecule has 1 heterocycles. The molecule has 1 fully saturated rings. The molecular formula is C21H25BrN2O3S. The van der Waals surface area contributed by atoms with Crippen LogP contribution in [-0.2, 0) is 21.4 Å². The Balaban J connectivity index is 1.57. The first-order chi connectivity index (χ1) is 13.3. The van der Waals surface area contributed by atoms with Crippen molar-refractivity contribution in [2.75, 3.05) is 13.1 Å². The molecule has 1 aliphatic rings. The van der Waals surface area contributed by atoms with E-state index in [4.69, 9.17) is 0 Å². The van der Waals surface area contributed by atoms with Crippen molar-refractivity contribution in [3.05, 3.63) is 63.6 Å². The maximum absolute atomic E-state index is 12.9. The van der Waals surface area contributed by atoms with Gasteiger partial charge in [0.1, 0.15) is 0 Å². The maximum atomic E-state index is 12.9. The first kappa shape index (κ1) is 21.0. The average Bonchev–Trinajstić information content (AvgIpc) is 2.66. The summed E-state index contributed by atoms with van der Waals surface area (Å²) < 4.78 is 28.4. The predicted octanol–water partition coefficient (Wildman–Crippen LogP) is 3.78. The smallest absolute Gasteiger partial charge is 0.243 e. The summed E-state index contributed by atoms with van der Waals surface area (Å²) in [5, 5.41) is 2.97. The van der Waals surface area contributed by atoms with Crippen molar-refractivity contribution in [1.29, 1.82) is 0 Å². The van der Waals surface area contributed by atoms with Crippen molar-refractivity contribution in [1.82, 2.24) is 9.62 Å².